The molecule has 3 heteroatoms. The summed E-state index contributed by atoms with van der Waals surface area (Å²) >= 11 is 0. The van der Waals surface area contributed by atoms with E-state index < -0.39 is 0 Å². The zero-order valence-electron chi connectivity index (χ0n) is 9.42. The van der Waals surface area contributed by atoms with Crippen LogP contribution in [0.1, 0.15) is 41.0 Å². The molecule has 0 aliphatic rings. The third-order valence-corrected chi connectivity index (χ3v) is 1.53. The quantitative estimate of drug-likeness (QED) is 0.539. The summed E-state index contributed by atoms with van der Waals surface area (Å²) < 4.78 is 5.44. The van der Waals surface area contributed by atoms with Gasteiger partial charge in [-0.1, -0.05) is 6.92 Å². The summed E-state index contributed by atoms with van der Waals surface area (Å²) in [5, 5.41) is 0. The Bertz CT molecular complexity index is 170. The fraction of sp³-hybridized carbons (Fsp3) is 0.900. The largest absolute Gasteiger partial charge is 0.385 e. The van der Waals surface area contributed by atoms with Crippen molar-refractivity contribution in [3.8, 4) is 0 Å². The van der Waals surface area contributed by atoms with E-state index in [0.717, 1.165) is 6.42 Å². The monoisotopic (exact) mass is 186 g/mol. The number of hydrogen-bond donors (Lipinski definition) is 1. The van der Waals surface area contributed by atoms with Gasteiger partial charge in [-0.15, -0.1) is 0 Å². The molecule has 0 aromatic heterocycles. The van der Waals surface area contributed by atoms with Crippen molar-refractivity contribution in [1.82, 2.24) is 0 Å². The molecule has 0 amide bonds. The van der Waals surface area contributed by atoms with Crippen molar-refractivity contribution in [2.24, 2.45) is 10.7 Å². The van der Waals surface area contributed by atoms with E-state index in [4.69, 9.17) is 10.5 Å². The van der Waals surface area contributed by atoms with E-state index in [9.17, 15) is 0 Å². The Morgan fingerprint density at radius 2 is 1.92 bits per heavy atom. The third-order valence-electron chi connectivity index (χ3n) is 1.53. The van der Waals surface area contributed by atoms with Crippen LogP contribution in [-0.4, -0.2) is 24.1 Å². The van der Waals surface area contributed by atoms with Gasteiger partial charge < -0.3 is 10.5 Å². The van der Waals surface area contributed by atoms with Gasteiger partial charge in [0.1, 0.15) is 11.9 Å². The minimum absolute atomic E-state index is 0.0239. The summed E-state index contributed by atoms with van der Waals surface area (Å²) in [5.41, 5.74) is 5.71. The van der Waals surface area contributed by atoms with Gasteiger partial charge in [0, 0.05) is 6.61 Å². The van der Waals surface area contributed by atoms with Gasteiger partial charge in [0.15, 0.2) is 0 Å². The molecule has 0 heterocycles. The number of nitrogens with two attached hydrogens (primary N) is 1. The van der Waals surface area contributed by atoms with Crippen molar-refractivity contribution >= 4 is 5.84 Å². The lowest BCUT2D eigenvalue weighted by Gasteiger charge is -2.19. The third kappa shape index (κ3) is 5.64. The Kier molecular flexibility index (Phi) is 4.99. The number of nitrogens with zero attached hydrogens (tertiary/aromatic N) is 1. The molecule has 0 aliphatic carbocycles. The maximum Gasteiger partial charge on any atom is 0.124 e. The Hall–Kier alpha value is -0.570. The minimum atomic E-state index is -0.116. The van der Waals surface area contributed by atoms with E-state index >= 15 is 0 Å². The van der Waals surface area contributed by atoms with Crippen LogP contribution in [0, 0.1) is 0 Å². The standard InChI is InChI=1S/C10H22N2O/c1-6-8(13-7-2)9(11)12-10(3,4)5/h8H,6-7H2,1-5H3,(H2,11,12). The van der Waals surface area contributed by atoms with E-state index in [2.05, 4.69) is 4.99 Å². The van der Waals surface area contributed by atoms with Gasteiger partial charge >= 0.3 is 0 Å². The van der Waals surface area contributed by atoms with Crippen LogP contribution in [0.4, 0.5) is 0 Å². The van der Waals surface area contributed by atoms with Crippen LogP contribution in [-0.2, 0) is 4.74 Å². The molecule has 1 unspecified atom stereocenters. The molecule has 78 valence electrons. The van der Waals surface area contributed by atoms with Crippen LogP contribution >= 0.6 is 0 Å². The molecule has 0 saturated heterocycles. The van der Waals surface area contributed by atoms with Crippen LogP contribution in [0.2, 0.25) is 0 Å². The first-order chi connectivity index (χ1) is 5.90. The topological polar surface area (TPSA) is 47.6 Å². The highest BCUT2D eigenvalue weighted by molar-refractivity contribution is 5.85. The maximum atomic E-state index is 5.83. The Labute approximate surface area is 81.4 Å². The van der Waals surface area contributed by atoms with Crippen LogP contribution in [0.25, 0.3) is 0 Å². The Morgan fingerprint density at radius 1 is 1.38 bits per heavy atom. The number of amidine groups is 1. The number of hydrogen-bond acceptors (Lipinski definition) is 2. The van der Waals surface area contributed by atoms with E-state index in [0.29, 0.717) is 12.4 Å². The highest BCUT2D eigenvalue weighted by Gasteiger charge is 2.14. The van der Waals surface area contributed by atoms with Crippen molar-refractivity contribution in [1.29, 1.82) is 0 Å². The second-order valence-corrected chi connectivity index (χ2v) is 4.06. The normalized spacial score (nSPS) is 15.9. The number of aliphatic imine (C=N–C) groups is 1. The fourth-order valence-corrected chi connectivity index (χ4v) is 1.07. The predicted molar refractivity (Wildman–Crippen MR) is 57.1 cm³/mol. The summed E-state index contributed by atoms with van der Waals surface area (Å²) in [6.07, 6.45) is 0.850. The zero-order valence-corrected chi connectivity index (χ0v) is 9.42. The van der Waals surface area contributed by atoms with Crippen molar-refractivity contribution in [3.63, 3.8) is 0 Å². The summed E-state index contributed by atoms with van der Waals surface area (Å²) in [6.45, 7) is 10.8. The molecule has 0 fully saturated rings. The lowest BCUT2D eigenvalue weighted by atomic mass is 10.1. The molecule has 2 N–H and O–H groups in total. The van der Waals surface area contributed by atoms with Gasteiger partial charge in [-0.25, -0.2) is 0 Å². The SMILES string of the molecule is CCOC(CC)C(N)=NC(C)(C)C. The molecule has 0 spiro atoms. The first-order valence-electron chi connectivity index (χ1n) is 4.87. The first-order valence-corrected chi connectivity index (χ1v) is 4.87. The van der Waals surface area contributed by atoms with Crippen LogP contribution < -0.4 is 5.73 Å². The number of rotatable bonds is 4. The molecule has 0 saturated carbocycles. The number of ether oxygens (including phenoxy) is 1. The second kappa shape index (κ2) is 5.22. The lowest BCUT2D eigenvalue weighted by molar-refractivity contribution is 0.105. The van der Waals surface area contributed by atoms with Gasteiger partial charge in [-0.05, 0) is 34.1 Å². The van der Waals surface area contributed by atoms with Crippen LogP contribution in [0.3, 0.4) is 0 Å². The summed E-state index contributed by atoms with van der Waals surface area (Å²) in [4.78, 5) is 4.37. The van der Waals surface area contributed by atoms with Gasteiger partial charge in [0.25, 0.3) is 0 Å². The van der Waals surface area contributed by atoms with Crippen molar-refractivity contribution < 1.29 is 4.74 Å². The fourth-order valence-electron chi connectivity index (χ4n) is 1.07. The molecule has 0 bridgehead atoms. The van der Waals surface area contributed by atoms with Crippen molar-refractivity contribution in [2.45, 2.75) is 52.7 Å². The molecule has 0 aliphatic heterocycles. The molecular formula is C10H22N2O. The first kappa shape index (κ1) is 12.4. The molecule has 0 aromatic rings. The molecule has 13 heavy (non-hydrogen) atoms. The van der Waals surface area contributed by atoms with Crippen molar-refractivity contribution in [2.75, 3.05) is 6.61 Å². The average Bonchev–Trinajstić information content (AvgIpc) is 1.96. The van der Waals surface area contributed by atoms with Crippen LogP contribution in [0.5, 0.6) is 0 Å². The average molecular weight is 186 g/mol. The summed E-state index contributed by atoms with van der Waals surface area (Å²) in [7, 11) is 0. The molecular weight excluding hydrogens is 164 g/mol. The van der Waals surface area contributed by atoms with E-state index in [1.807, 2.05) is 34.6 Å². The zero-order chi connectivity index (χ0) is 10.5. The van der Waals surface area contributed by atoms with E-state index in [-0.39, 0.29) is 11.6 Å². The molecule has 0 radical (unpaired) electrons. The Balaban J connectivity index is 4.35. The summed E-state index contributed by atoms with van der Waals surface area (Å²) in [6, 6.07) is 0. The molecule has 1 atom stereocenters. The molecule has 0 aromatic carbocycles. The van der Waals surface area contributed by atoms with Gasteiger partial charge in [-0.2, -0.15) is 0 Å². The summed E-state index contributed by atoms with van der Waals surface area (Å²) in [5.74, 6) is 0.608. The smallest absolute Gasteiger partial charge is 0.124 e. The second-order valence-electron chi connectivity index (χ2n) is 4.06. The van der Waals surface area contributed by atoms with E-state index in [1.165, 1.54) is 0 Å². The van der Waals surface area contributed by atoms with Crippen LogP contribution in [0.15, 0.2) is 4.99 Å². The highest BCUT2D eigenvalue weighted by Crippen LogP contribution is 2.08. The predicted octanol–water partition coefficient (Wildman–Crippen LogP) is 1.96. The minimum Gasteiger partial charge on any atom is -0.385 e. The highest BCUT2D eigenvalue weighted by atomic mass is 16.5. The molecule has 3 nitrogen and oxygen atoms in total. The molecule has 0 rings (SSSR count). The van der Waals surface area contributed by atoms with Crippen molar-refractivity contribution in [3.05, 3.63) is 0 Å². The Morgan fingerprint density at radius 3 is 2.23 bits per heavy atom. The van der Waals surface area contributed by atoms with Gasteiger partial charge in [0.05, 0.1) is 5.54 Å². The maximum absolute atomic E-state index is 5.83. The van der Waals surface area contributed by atoms with Gasteiger partial charge in [0.2, 0.25) is 0 Å². The van der Waals surface area contributed by atoms with Gasteiger partial charge in [-0.3, -0.25) is 4.99 Å². The van der Waals surface area contributed by atoms with E-state index in [1.54, 1.807) is 0 Å². The lowest BCUT2D eigenvalue weighted by Crippen LogP contribution is -2.33.